The van der Waals surface area contributed by atoms with Crippen molar-refractivity contribution in [2.75, 3.05) is 32.2 Å². The van der Waals surface area contributed by atoms with Crippen LogP contribution in [0.15, 0.2) is 22.7 Å². The third kappa shape index (κ3) is 2.52. The lowest BCUT2D eigenvalue weighted by Crippen LogP contribution is -2.54. The number of carbonyl (C=O) groups excluding carboxylic acids is 1. The monoisotopic (exact) mass is 313 g/mol. The van der Waals surface area contributed by atoms with E-state index in [9.17, 15) is 4.79 Å². The molecule has 0 spiro atoms. The van der Waals surface area contributed by atoms with Crippen LogP contribution in [0.25, 0.3) is 0 Å². The average Bonchev–Trinajstić information content (AvgIpc) is 2.29. The summed E-state index contributed by atoms with van der Waals surface area (Å²) in [4.78, 5) is 11.7. The quantitative estimate of drug-likeness (QED) is 0.867. The Bertz CT molecular complexity index is 458. The number of nitrogens with one attached hydrogen (secondary N) is 1. The number of aryl methyl sites for hydroxylation is 1. The predicted octanol–water partition coefficient (Wildman–Crippen LogP) is 2.36. The van der Waals surface area contributed by atoms with Gasteiger partial charge in [-0.1, -0.05) is 6.07 Å². The SMILES string of the molecule is COC(=O)C1(CNc2ccc(C)cc2Br)COC1. The molecule has 18 heavy (non-hydrogen) atoms. The summed E-state index contributed by atoms with van der Waals surface area (Å²) in [5.41, 5.74) is 1.61. The first kappa shape index (κ1) is 13.4. The van der Waals surface area contributed by atoms with Gasteiger partial charge in [-0.2, -0.15) is 0 Å². The maximum atomic E-state index is 11.7. The Balaban J connectivity index is 2.04. The number of benzene rings is 1. The van der Waals surface area contributed by atoms with Gasteiger partial charge in [0.1, 0.15) is 5.41 Å². The van der Waals surface area contributed by atoms with Crippen LogP contribution >= 0.6 is 15.9 Å². The topological polar surface area (TPSA) is 47.6 Å². The van der Waals surface area contributed by atoms with E-state index in [-0.39, 0.29) is 5.97 Å². The van der Waals surface area contributed by atoms with Crippen molar-refractivity contribution in [1.82, 2.24) is 0 Å². The third-order valence-corrected chi connectivity index (χ3v) is 3.77. The molecule has 1 aromatic rings. The number of methoxy groups -OCH3 is 1. The van der Waals surface area contributed by atoms with E-state index >= 15 is 0 Å². The van der Waals surface area contributed by atoms with E-state index in [1.54, 1.807) is 0 Å². The van der Waals surface area contributed by atoms with E-state index in [1.807, 2.05) is 25.1 Å². The molecule has 1 aliphatic heterocycles. The highest BCUT2D eigenvalue weighted by Crippen LogP contribution is 2.31. The van der Waals surface area contributed by atoms with Crippen molar-refractivity contribution >= 4 is 27.6 Å². The van der Waals surface area contributed by atoms with E-state index in [1.165, 1.54) is 12.7 Å². The average molecular weight is 314 g/mol. The van der Waals surface area contributed by atoms with Crippen molar-refractivity contribution in [3.8, 4) is 0 Å². The maximum Gasteiger partial charge on any atom is 0.318 e. The molecule has 1 aromatic carbocycles. The normalized spacial score (nSPS) is 16.8. The Morgan fingerprint density at radius 1 is 1.56 bits per heavy atom. The van der Waals surface area contributed by atoms with Crippen LogP contribution in [0.2, 0.25) is 0 Å². The molecule has 0 radical (unpaired) electrons. The fourth-order valence-corrected chi connectivity index (χ4v) is 2.52. The highest BCUT2D eigenvalue weighted by atomic mass is 79.9. The van der Waals surface area contributed by atoms with Crippen LogP contribution < -0.4 is 5.32 Å². The molecule has 98 valence electrons. The summed E-state index contributed by atoms with van der Waals surface area (Å²) in [6.07, 6.45) is 0. The largest absolute Gasteiger partial charge is 0.468 e. The molecule has 1 N–H and O–H groups in total. The Kier molecular flexibility index (Phi) is 3.92. The van der Waals surface area contributed by atoms with Crippen LogP contribution in [0.1, 0.15) is 5.56 Å². The van der Waals surface area contributed by atoms with Gasteiger partial charge in [0, 0.05) is 16.7 Å². The molecule has 0 atom stereocenters. The zero-order valence-corrected chi connectivity index (χ0v) is 12.0. The van der Waals surface area contributed by atoms with Crippen LogP contribution in [0.3, 0.4) is 0 Å². The summed E-state index contributed by atoms with van der Waals surface area (Å²) in [5, 5.41) is 3.27. The van der Waals surface area contributed by atoms with Gasteiger partial charge in [-0.3, -0.25) is 4.79 Å². The van der Waals surface area contributed by atoms with E-state index in [0.29, 0.717) is 19.8 Å². The van der Waals surface area contributed by atoms with Gasteiger partial charge >= 0.3 is 5.97 Å². The minimum atomic E-state index is -0.543. The second kappa shape index (κ2) is 5.28. The Labute approximate surface area is 115 Å². The smallest absolute Gasteiger partial charge is 0.318 e. The van der Waals surface area contributed by atoms with E-state index in [2.05, 4.69) is 21.2 Å². The molecule has 2 rings (SSSR count). The van der Waals surface area contributed by atoms with Crippen molar-refractivity contribution in [3.63, 3.8) is 0 Å². The van der Waals surface area contributed by atoms with Gasteiger partial charge in [0.2, 0.25) is 0 Å². The number of carbonyl (C=O) groups is 1. The van der Waals surface area contributed by atoms with Crippen LogP contribution in [-0.2, 0) is 14.3 Å². The van der Waals surface area contributed by atoms with Crippen LogP contribution in [0.4, 0.5) is 5.69 Å². The fraction of sp³-hybridized carbons (Fsp3) is 0.462. The molecule has 1 saturated heterocycles. The van der Waals surface area contributed by atoms with Crippen LogP contribution in [-0.4, -0.2) is 32.8 Å². The number of anilines is 1. The standard InChI is InChI=1S/C13H16BrNO3/c1-9-3-4-11(10(14)5-9)15-6-13(7-18-8-13)12(16)17-2/h3-5,15H,6-8H2,1-2H3. The fourth-order valence-electron chi connectivity index (χ4n) is 1.88. The second-order valence-electron chi connectivity index (χ2n) is 4.60. The number of esters is 1. The summed E-state index contributed by atoms with van der Waals surface area (Å²) in [5.74, 6) is -0.218. The van der Waals surface area contributed by atoms with Crippen molar-refractivity contribution in [2.45, 2.75) is 6.92 Å². The maximum absolute atomic E-state index is 11.7. The summed E-state index contributed by atoms with van der Waals surface area (Å²) < 4.78 is 11.0. The van der Waals surface area contributed by atoms with Gasteiger partial charge in [-0.05, 0) is 40.5 Å². The lowest BCUT2D eigenvalue weighted by atomic mass is 9.86. The van der Waals surface area contributed by atoms with Gasteiger partial charge in [0.25, 0.3) is 0 Å². The van der Waals surface area contributed by atoms with Gasteiger partial charge < -0.3 is 14.8 Å². The molecule has 1 aliphatic rings. The van der Waals surface area contributed by atoms with Crippen molar-refractivity contribution in [1.29, 1.82) is 0 Å². The number of rotatable bonds is 4. The zero-order valence-electron chi connectivity index (χ0n) is 10.5. The minimum Gasteiger partial charge on any atom is -0.468 e. The molecule has 0 saturated carbocycles. The molecule has 5 heteroatoms. The highest BCUT2D eigenvalue weighted by Gasteiger charge is 2.47. The molecule has 0 bridgehead atoms. The second-order valence-corrected chi connectivity index (χ2v) is 5.46. The Hall–Kier alpha value is -1.07. The molecule has 0 amide bonds. The predicted molar refractivity (Wildman–Crippen MR) is 72.6 cm³/mol. The van der Waals surface area contributed by atoms with Crippen LogP contribution in [0, 0.1) is 12.3 Å². The van der Waals surface area contributed by atoms with Crippen molar-refractivity contribution < 1.29 is 14.3 Å². The van der Waals surface area contributed by atoms with E-state index in [0.717, 1.165) is 10.2 Å². The highest BCUT2D eigenvalue weighted by molar-refractivity contribution is 9.10. The number of hydrogen-bond acceptors (Lipinski definition) is 4. The first-order chi connectivity index (χ1) is 8.57. The summed E-state index contributed by atoms with van der Waals surface area (Å²) in [6, 6.07) is 6.05. The number of ether oxygens (including phenoxy) is 2. The van der Waals surface area contributed by atoms with E-state index < -0.39 is 5.41 Å². The lowest BCUT2D eigenvalue weighted by Gasteiger charge is -2.38. The Morgan fingerprint density at radius 3 is 2.78 bits per heavy atom. The third-order valence-electron chi connectivity index (χ3n) is 3.12. The van der Waals surface area contributed by atoms with Gasteiger partial charge in [-0.15, -0.1) is 0 Å². The first-order valence-electron chi connectivity index (χ1n) is 5.74. The summed E-state index contributed by atoms with van der Waals surface area (Å²) in [7, 11) is 1.41. The van der Waals surface area contributed by atoms with Gasteiger partial charge in [-0.25, -0.2) is 0 Å². The molecule has 1 fully saturated rings. The molecular weight excluding hydrogens is 298 g/mol. The molecule has 0 unspecified atom stereocenters. The summed E-state index contributed by atoms with van der Waals surface area (Å²) in [6.45, 7) is 3.37. The van der Waals surface area contributed by atoms with Crippen molar-refractivity contribution in [2.24, 2.45) is 5.41 Å². The Morgan fingerprint density at radius 2 is 2.28 bits per heavy atom. The molecule has 1 heterocycles. The molecular formula is C13H16BrNO3. The first-order valence-corrected chi connectivity index (χ1v) is 6.53. The van der Waals surface area contributed by atoms with Crippen LogP contribution in [0.5, 0.6) is 0 Å². The number of hydrogen-bond donors (Lipinski definition) is 1. The van der Waals surface area contributed by atoms with E-state index in [4.69, 9.17) is 9.47 Å². The zero-order chi connectivity index (χ0) is 13.2. The molecule has 0 aromatic heterocycles. The van der Waals surface area contributed by atoms with Crippen molar-refractivity contribution in [3.05, 3.63) is 28.2 Å². The molecule has 0 aliphatic carbocycles. The number of halogens is 1. The molecule has 4 nitrogen and oxygen atoms in total. The lowest BCUT2D eigenvalue weighted by molar-refractivity contribution is -0.180. The van der Waals surface area contributed by atoms with Gasteiger partial charge in [0.05, 0.1) is 20.3 Å². The summed E-state index contributed by atoms with van der Waals surface area (Å²) >= 11 is 3.50. The van der Waals surface area contributed by atoms with Gasteiger partial charge in [0.15, 0.2) is 0 Å². The minimum absolute atomic E-state index is 0.218.